The Morgan fingerprint density at radius 3 is 2.85 bits per heavy atom. The Balaban J connectivity index is 1.60. The standard InChI is InChI=1S/C18H16FN5O3/c1-11(16(25)17-22-10-23-24-17)27-14-5-4-12(15(19)7-14)9-21-18(26)13-3-2-6-20-8-13/h2-8,10-11H,9H2,1H3,(H,21,26)(H,22,23,24). The summed E-state index contributed by atoms with van der Waals surface area (Å²) in [6, 6.07) is 7.43. The Morgan fingerprint density at radius 2 is 2.19 bits per heavy atom. The number of nitrogens with one attached hydrogen (secondary N) is 2. The molecule has 0 fully saturated rings. The van der Waals surface area contributed by atoms with Gasteiger partial charge in [0.05, 0.1) is 5.56 Å². The van der Waals surface area contributed by atoms with Crippen LogP contribution in [-0.2, 0) is 6.54 Å². The molecule has 1 unspecified atom stereocenters. The van der Waals surface area contributed by atoms with Crippen molar-refractivity contribution in [2.24, 2.45) is 0 Å². The summed E-state index contributed by atoms with van der Waals surface area (Å²) in [5.41, 5.74) is 0.673. The molecule has 0 spiro atoms. The number of Topliss-reactive ketones (excluding diaryl/α,β-unsaturated/α-hetero) is 1. The Kier molecular flexibility index (Phi) is 5.50. The number of hydrogen-bond acceptors (Lipinski definition) is 6. The van der Waals surface area contributed by atoms with Gasteiger partial charge in [-0.3, -0.25) is 19.7 Å². The first-order valence-corrected chi connectivity index (χ1v) is 8.07. The van der Waals surface area contributed by atoms with Crippen molar-refractivity contribution < 1.29 is 18.7 Å². The van der Waals surface area contributed by atoms with Crippen molar-refractivity contribution >= 4 is 11.7 Å². The van der Waals surface area contributed by atoms with Crippen molar-refractivity contribution in [3.8, 4) is 5.75 Å². The summed E-state index contributed by atoms with van der Waals surface area (Å²) >= 11 is 0. The molecule has 1 aromatic carbocycles. The van der Waals surface area contributed by atoms with Crippen LogP contribution >= 0.6 is 0 Å². The second-order valence-corrected chi connectivity index (χ2v) is 5.64. The average molecular weight is 369 g/mol. The predicted molar refractivity (Wildman–Crippen MR) is 92.6 cm³/mol. The molecule has 9 heteroatoms. The number of ether oxygens (including phenoxy) is 1. The molecule has 2 heterocycles. The van der Waals surface area contributed by atoms with Gasteiger partial charge in [-0.15, -0.1) is 0 Å². The number of H-pyrrole nitrogens is 1. The maximum absolute atomic E-state index is 14.3. The second kappa shape index (κ2) is 8.17. The van der Waals surface area contributed by atoms with E-state index < -0.39 is 17.7 Å². The van der Waals surface area contributed by atoms with Crippen LogP contribution in [0, 0.1) is 5.82 Å². The molecule has 0 bridgehead atoms. The fourth-order valence-electron chi connectivity index (χ4n) is 2.29. The van der Waals surface area contributed by atoms with E-state index in [0.717, 1.165) is 6.07 Å². The summed E-state index contributed by atoms with van der Waals surface area (Å²) < 4.78 is 19.7. The number of carbonyl (C=O) groups excluding carboxylic acids is 2. The third kappa shape index (κ3) is 4.51. The lowest BCUT2D eigenvalue weighted by Gasteiger charge is -2.13. The van der Waals surface area contributed by atoms with Gasteiger partial charge in [0.2, 0.25) is 5.78 Å². The molecule has 1 amide bonds. The molecule has 8 nitrogen and oxygen atoms in total. The van der Waals surface area contributed by atoms with E-state index >= 15 is 0 Å². The Hall–Kier alpha value is -3.62. The molecule has 138 valence electrons. The van der Waals surface area contributed by atoms with Crippen molar-refractivity contribution in [2.45, 2.75) is 19.6 Å². The number of halogens is 1. The maximum Gasteiger partial charge on any atom is 0.253 e. The molecule has 0 radical (unpaired) electrons. The molecule has 0 saturated heterocycles. The first-order chi connectivity index (χ1) is 13.0. The number of pyridine rings is 1. The maximum atomic E-state index is 14.3. The Bertz CT molecular complexity index is 931. The molecular formula is C18H16FN5O3. The van der Waals surface area contributed by atoms with Crippen molar-refractivity contribution in [3.05, 3.63) is 71.8 Å². The van der Waals surface area contributed by atoms with Crippen LogP contribution in [0.15, 0.2) is 49.1 Å². The molecule has 0 aliphatic heterocycles. The lowest BCUT2D eigenvalue weighted by molar-refractivity contribution is 0.0806. The van der Waals surface area contributed by atoms with Crippen LogP contribution in [0.3, 0.4) is 0 Å². The van der Waals surface area contributed by atoms with Crippen LogP contribution in [0.25, 0.3) is 0 Å². The number of hydrogen-bond donors (Lipinski definition) is 2. The topological polar surface area (TPSA) is 110 Å². The van der Waals surface area contributed by atoms with Gasteiger partial charge in [-0.05, 0) is 25.1 Å². The lowest BCUT2D eigenvalue weighted by Crippen LogP contribution is -2.25. The van der Waals surface area contributed by atoms with Gasteiger partial charge >= 0.3 is 0 Å². The zero-order valence-corrected chi connectivity index (χ0v) is 14.3. The molecule has 0 aliphatic rings. The third-order valence-electron chi connectivity index (χ3n) is 3.72. The highest BCUT2D eigenvalue weighted by atomic mass is 19.1. The van der Waals surface area contributed by atoms with E-state index in [1.54, 1.807) is 18.3 Å². The van der Waals surface area contributed by atoms with E-state index in [2.05, 4.69) is 25.5 Å². The van der Waals surface area contributed by atoms with Crippen LogP contribution in [0.4, 0.5) is 4.39 Å². The largest absolute Gasteiger partial charge is 0.482 e. The molecule has 3 aromatic rings. The molecule has 0 aliphatic carbocycles. The van der Waals surface area contributed by atoms with Gasteiger partial charge in [0.15, 0.2) is 11.9 Å². The number of rotatable bonds is 7. The summed E-state index contributed by atoms with van der Waals surface area (Å²) in [6.07, 6.45) is 3.33. The zero-order valence-electron chi connectivity index (χ0n) is 14.3. The minimum absolute atomic E-state index is 0.00634. The summed E-state index contributed by atoms with van der Waals surface area (Å²) in [4.78, 5) is 31.7. The number of benzene rings is 1. The van der Waals surface area contributed by atoms with Gasteiger partial charge < -0.3 is 10.1 Å². The van der Waals surface area contributed by atoms with Gasteiger partial charge in [-0.2, -0.15) is 5.10 Å². The number of ketones is 1. The molecule has 2 aromatic heterocycles. The van der Waals surface area contributed by atoms with Gasteiger partial charge in [0, 0.05) is 30.6 Å². The van der Waals surface area contributed by atoms with Crippen molar-refractivity contribution in [1.82, 2.24) is 25.5 Å². The predicted octanol–water partition coefficient (Wildman–Crippen LogP) is 1.92. The van der Waals surface area contributed by atoms with Gasteiger partial charge in [-0.25, -0.2) is 9.37 Å². The first kappa shape index (κ1) is 18.2. The van der Waals surface area contributed by atoms with E-state index in [0.29, 0.717) is 5.56 Å². The van der Waals surface area contributed by atoms with Gasteiger partial charge in [-0.1, -0.05) is 6.07 Å². The third-order valence-corrected chi connectivity index (χ3v) is 3.72. The molecule has 2 N–H and O–H groups in total. The van der Waals surface area contributed by atoms with Crippen LogP contribution in [0.1, 0.15) is 33.5 Å². The summed E-state index contributed by atoms with van der Waals surface area (Å²) in [5, 5.41) is 8.68. The van der Waals surface area contributed by atoms with E-state index in [-0.39, 0.29) is 29.6 Å². The number of carbonyl (C=O) groups is 2. The number of aromatic amines is 1. The minimum Gasteiger partial charge on any atom is -0.482 e. The Morgan fingerprint density at radius 1 is 1.33 bits per heavy atom. The smallest absolute Gasteiger partial charge is 0.253 e. The van der Waals surface area contributed by atoms with Crippen molar-refractivity contribution in [2.75, 3.05) is 0 Å². The molecular weight excluding hydrogens is 353 g/mol. The van der Waals surface area contributed by atoms with Gasteiger partial charge in [0.1, 0.15) is 17.9 Å². The number of amides is 1. The van der Waals surface area contributed by atoms with Crippen LogP contribution in [0.5, 0.6) is 5.75 Å². The zero-order chi connectivity index (χ0) is 19.2. The van der Waals surface area contributed by atoms with E-state index in [4.69, 9.17) is 4.74 Å². The quantitative estimate of drug-likeness (QED) is 0.616. The fourth-order valence-corrected chi connectivity index (χ4v) is 2.29. The second-order valence-electron chi connectivity index (χ2n) is 5.64. The highest BCUT2D eigenvalue weighted by Gasteiger charge is 2.20. The number of nitrogens with zero attached hydrogens (tertiary/aromatic N) is 3. The summed E-state index contributed by atoms with van der Waals surface area (Å²) in [6.45, 7) is 1.54. The molecule has 3 rings (SSSR count). The normalized spacial score (nSPS) is 11.6. The van der Waals surface area contributed by atoms with E-state index in [9.17, 15) is 14.0 Å². The number of aromatic nitrogens is 4. The lowest BCUT2D eigenvalue weighted by atomic mass is 10.2. The minimum atomic E-state index is -0.867. The highest BCUT2D eigenvalue weighted by molar-refractivity contribution is 5.96. The monoisotopic (exact) mass is 369 g/mol. The van der Waals surface area contributed by atoms with Crippen molar-refractivity contribution in [3.63, 3.8) is 0 Å². The highest BCUT2D eigenvalue weighted by Crippen LogP contribution is 2.19. The summed E-state index contributed by atoms with van der Waals surface area (Å²) in [5.74, 6) is -1.05. The van der Waals surface area contributed by atoms with E-state index in [1.807, 2.05) is 0 Å². The Labute approximate surface area is 153 Å². The molecule has 1 atom stereocenters. The fraction of sp³-hybridized carbons (Fsp3) is 0.167. The summed E-state index contributed by atoms with van der Waals surface area (Å²) in [7, 11) is 0. The average Bonchev–Trinajstić information content (AvgIpc) is 3.22. The van der Waals surface area contributed by atoms with Crippen LogP contribution in [0.2, 0.25) is 0 Å². The van der Waals surface area contributed by atoms with Crippen LogP contribution < -0.4 is 10.1 Å². The van der Waals surface area contributed by atoms with Crippen LogP contribution in [-0.4, -0.2) is 38.0 Å². The van der Waals surface area contributed by atoms with Gasteiger partial charge in [0.25, 0.3) is 5.91 Å². The molecule has 27 heavy (non-hydrogen) atoms. The van der Waals surface area contributed by atoms with Crippen molar-refractivity contribution in [1.29, 1.82) is 0 Å². The SMILES string of the molecule is CC(Oc1ccc(CNC(=O)c2cccnc2)c(F)c1)C(=O)c1ncn[nH]1. The van der Waals surface area contributed by atoms with E-state index in [1.165, 1.54) is 31.6 Å². The molecule has 0 saturated carbocycles. The first-order valence-electron chi connectivity index (χ1n) is 8.07.